The number of unbranched alkanes of at least 4 members (excludes halogenated alkanes) is 1. The zero-order valence-corrected chi connectivity index (χ0v) is 10.6. The van der Waals surface area contributed by atoms with Crippen LogP contribution in [0.25, 0.3) is 0 Å². The molecule has 0 heterocycles. The van der Waals surface area contributed by atoms with E-state index < -0.39 is 0 Å². The Morgan fingerprint density at radius 1 is 1.00 bits per heavy atom. The van der Waals surface area contributed by atoms with E-state index in [4.69, 9.17) is 0 Å². The van der Waals surface area contributed by atoms with E-state index in [0.717, 1.165) is 6.42 Å². The second kappa shape index (κ2) is 7.28. The van der Waals surface area contributed by atoms with Crippen molar-refractivity contribution in [3.8, 4) is 0 Å². The minimum absolute atomic E-state index is 0.107. The quantitative estimate of drug-likeness (QED) is 0.661. The lowest BCUT2D eigenvalue weighted by molar-refractivity contribution is 0.0514. The monoisotopic (exact) mass is 200 g/mol. The summed E-state index contributed by atoms with van der Waals surface area (Å²) in [6, 6.07) is 0. The first-order chi connectivity index (χ1) is 6.49. The van der Waals surface area contributed by atoms with Crippen LogP contribution in [0.4, 0.5) is 0 Å². The molecule has 0 amide bonds. The minimum atomic E-state index is -0.107. The van der Waals surface area contributed by atoms with Crippen molar-refractivity contribution in [1.82, 2.24) is 0 Å². The summed E-state index contributed by atoms with van der Waals surface area (Å²) in [6.45, 7) is 11.0. The third-order valence-electron chi connectivity index (χ3n) is 3.02. The van der Waals surface area contributed by atoms with Crippen molar-refractivity contribution in [3.05, 3.63) is 0 Å². The molecule has 0 radical (unpaired) electrons. The highest BCUT2D eigenvalue weighted by molar-refractivity contribution is 4.71. The van der Waals surface area contributed by atoms with Crippen LogP contribution in [-0.2, 0) is 0 Å². The van der Waals surface area contributed by atoms with Crippen molar-refractivity contribution in [1.29, 1.82) is 0 Å². The molecule has 0 saturated heterocycles. The molecule has 0 aromatic heterocycles. The second-order valence-corrected chi connectivity index (χ2v) is 5.22. The molecular weight excluding hydrogens is 172 g/mol. The van der Waals surface area contributed by atoms with Gasteiger partial charge < -0.3 is 5.11 Å². The van der Waals surface area contributed by atoms with Gasteiger partial charge in [0.15, 0.2) is 0 Å². The molecule has 0 saturated carbocycles. The number of hydrogen-bond donors (Lipinski definition) is 1. The number of rotatable bonds is 7. The molecule has 0 aromatic rings. The summed E-state index contributed by atoms with van der Waals surface area (Å²) in [7, 11) is 0. The fraction of sp³-hybridized carbons (Fsp3) is 1.00. The van der Waals surface area contributed by atoms with E-state index in [-0.39, 0.29) is 6.10 Å². The summed E-state index contributed by atoms with van der Waals surface area (Å²) in [5.41, 5.74) is 0. The second-order valence-electron chi connectivity index (χ2n) is 5.22. The van der Waals surface area contributed by atoms with Gasteiger partial charge in [0.2, 0.25) is 0 Å². The van der Waals surface area contributed by atoms with Gasteiger partial charge in [0.1, 0.15) is 0 Å². The summed E-state index contributed by atoms with van der Waals surface area (Å²) in [5.74, 6) is 1.60. The van der Waals surface area contributed by atoms with Crippen LogP contribution in [0.5, 0.6) is 0 Å². The van der Waals surface area contributed by atoms with E-state index in [0.29, 0.717) is 17.8 Å². The molecule has 0 aliphatic rings. The maximum atomic E-state index is 10.1. The van der Waals surface area contributed by atoms with Gasteiger partial charge in [0, 0.05) is 0 Å². The molecular formula is C13H28O. The van der Waals surface area contributed by atoms with E-state index >= 15 is 0 Å². The third kappa shape index (κ3) is 5.64. The zero-order chi connectivity index (χ0) is 11.1. The molecule has 0 aromatic carbocycles. The van der Waals surface area contributed by atoms with Crippen LogP contribution in [-0.4, -0.2) is 11.2 Å². The summed E-state index contributed by atoms with van der Waals surface area (Å²) in [6.07, 6.45) is 4.67. The maximum absolute atomic E-state index is 10.1. The van der Waals surface area contributed by atoms with Crippen LogP contribution in [0, 0.1) is 17.8 Å². The average molecular weight is 200 g/mol. The van der Waals surface area contributed by atoms with Gasteiger partial charge in [-0.15, -0.1) is 0 Å². The number of aliphatic hydroxyl groups excluding tert-OH is 1. The van der Waals surface area contributed by atoms with E-state index in [1.807, 2.05) is 0 Å². The van der Waals surface area contributed by atoms with E-state index in [1.54, 1.807) is 0 Å². The molecule has 86 valence electrons. The highest BCUT2D eigenvalue weighted by Gasteiger charge is 2.21. The predicted octanol–water partition coefficient (Wildman–Crippen LogP) is 3.86. The molecule has 14 heavy (non-hydrogen) atoms. The highest BCUT2D eigenvalue weighted by atomic mass is 16.3. The van der Waals surface area contributed by atoms with Crippen molar-refractivity contribution in [3.63, 3.8) is 0 Å². The van der Waals surface area contributed by atoms with E-state index in [2.05, 4.69) is 34.6 Å². The minimum Gasteiger partial charge on any atom is -0.393 e. The van der Waals surface area contributed by atoms with Gasteiger partial charge in [-0.2, -0.15) is 0 Å². The van der Waals surface area contributed by atoms with Crippen LogP contribution >= 0.6 is 0 Å². The van der Waals surface area contributed by atoms with Gasteiger partial charge in [-0.1, -0.05) is 47.5 Å². The van der Waals surface area contributed by atoms with Crippen LogP contribution < -0.4 is 0 Å². The Bertz CT molecular complexity index is 131. The number of aliphatic hydroxyl groups is 1. The van der Waals surface area contributed by atoms with Crippen LogP contribution in [0.2, 0.25) is 0 Å². The molecule has 1 nitrogen and oxygen atoms in total. The lowest BCUT2D eigenvalue weighted by Crippen LogP contribution is -2.26. The summed E-state index contributed by atoms with van der Waals surface area (Å²) in [4.78, 5) is 0. The summed E-state index contributed by atoms with van der Waals surface area (Å²) < 4.78 is 0. The van der Waals surface area contributed by atoms with Gasteiger partial charge in [0.25, 0.3) is 0 Å². The molecule has 3 atom stereocenters. The van der Waals surface area contributed by atoms with Crippen LogP contribution in [0.1, 0.15) is 60.3 Å². The predicted molar refractivity (Wildman–Crippen MR) is 63.3 cm³/mol. The first-order valence-electron chi connectivity index (χ1n) is 6.17. The molecule has 0 fully saturated rings. The van der Waals surface area contributed by atoms with Crippen molar-refractivity contribution in [2.75, 3.05) is 0 Å². The van der Waals surface area contributed by atoms with Gasteiger partial charge in [-0.3, -0.25) is 0 Å². The normalized spacial score (nSPS) is 18.2. The topological polar surface area (TPSA) is 20.2 Å². The van der Waals surface area contributed by atoms with Gasteiger partial charge in [0.05, 0.1) is 6.10 Å². The van der Waals surface area contributed by atoms with Crippen molar-refractivity contribution >= 4 is 0 Å². The van der Waals surface area contributed by atoms with Crippen molar-refractivity contribution in [2.24, 2.45) is 17.8 Å². The van der Waals surface area contributed by atoms with Crippen LogP contribution in [0.15, 0.2) is 0 Å². The Hall–Kier alpha value is -0.0400. The Morgan fingerprint density at radius 2 is 1.57 bits per heavy atom. The van der Waals surface area contributed by atoms with E-state index in [1.165, 1.54) is 19.3 Å². The molecule has 0 aliphatic carbocycles. The smallest absolute Gasteiger partial charge is 0.0591 e. The Kier molecular flexibility index (Phi) is 7.26. The first-order valence-corrected chi connectivity index (χ1v) is 6.17. The fourth-order valence-corrected chi connectivity index (χ4v) is 2.14. The maximum Gasteiger partial charge on any atom is 0.0591 e. The van der Waals surface area contributed by atoms with Crippen molar-refractivity contribution < 1.29 is 5.11 Å². The Balaban J connectivity index is 3.84. The lowest BCUT2D eigenvalue weighted by atomic mass is 9.85. The van der Waals surface area contributed by atoms with Crippen LogP contribution in [0.3, 0.4) is 0 Å². The lowest BCUT2D eigenvalue weighted by Gasteiger charge is -2.26. The number of hydrogen-bond acceptors (Lipinski definition) is 1. The van der Waals surface area contributed by atoms with Crippen molar-refractivity contribution in [2.45, 2.75) is 66.4 Å². The average Bonchev–Trinajstić information content (AvgIpc) is 2.11. The third-order valence-corrected chi connectivity index (χ3v) is 3.02. The zero-order valence-electron chi connectivity index (χ0n) is 10.6. The summed E-state index contributed by atoms with van der Waals surface area (Å²) >= 11 is 0. The first kappa shape index (κ1) is 14.0. The highest BCUT2D eigenvalue weighted by Crippen LogP contribution is 2.23. The molecule has 0 aliphatic heterocycles. The standard InChI is InChI=1S/C13H28O/c1-6-7-8-11(4)13(14)12(5)9-10(2)3/h10-14H,6-9H2,1-5H3. The molecule has 0 bridgehead atoms. The molecule has 1 N–H and O–H groups in total. The van der Waals surface area contributed by atoms with Gasteiger partial charge >= 0.3 is 0 Å². The Labute approximate surface area is 89.9 Å². The van der Waals surface area contributed by atoms with Gasteiger partial charge in [-0.25, -0.2) is 0 Å². The Morgan fingerprint density at radius 3 is 2.00 bits per heavy atom. The van der Waals surface area contributed by atoms with Gasteiger partial charge in [-0.05, 0) is 30.6 Å². The molecule has 3 unspecified atom stereocenters. The fourth-order valence-electron chi connectivity index (χ4n) is 2.14. The molecule has 1 heteroatoms. The van der Waals surface area contributed by atoms with E-state index in [9.17, 15) is 5.11 Å². The SMILES string of the molecule is CCCCC(C)C(O)C(C)CC(C)C. The molecule has 0 spiro atoms. The molecule has 0 rings (SSSR count). The largest absolute Gasteiger partial charge is 0.393 e. The summed E-state index contributed by atoms with van der Waals surface area (Å²) in [5, 5.41) is 10.1.